The smallest absolute Gasteiger partial charge is 0.490 e. The summed E-state index contributed by atoms with van der Waals surface area (Å²) < 4.78 is 76.2. The number of carbonyl (C=O) groups excluding carboxylic acids is 1. The van der Waals surface area contributed by atoms with Crippen LogP contribution in [0.15, 0.2) is 18.2 Å². The molecule has 2 rings (SSSR count). The third-order valence-corrected chi connectivity index (χ3v) is 5.62. The Hall–Kier alpha value is -2.38. The van der Waals surface area contributed by atoms with E-state index in [1.54, 1.807) is 25.1 Å². The molecule has 0 atom stereocenters. The molecule has 172 valence electrons. The van der Waals surface area contributed by atoms with Crippen molar-refractivity contribution in [3.8, 4) is 22.1 Å². The van der Waals surface area contributed by atoms with E-state index in [4.69, 9.17) is 9.47 Å². The fourth-order valence-corrected chi connectivity index (χ4v) is 3.83. The van der Waals surface area contributed by atoms with Crippen LogP contribution in [0.5, 0.6) is 11.5 Å². The lowest BCUT2D eigenvalue weighted by Gasteiger charge is -2.12. The van der Waals surface area contributed by atoms with Gasteiger partial charge in [-0.1, -0.05) is 0 Å². The molecular weight excluding hydrogens is 461 g/mol. The van der Waals surface area contributed by atoms with Crippen LogP contribution in [0.1, 0.15) is 10.6 Å². The number of rotatable bonds is 10. The van der Waals surface area contributed by atoms with Crippen molar-refractivity contribution in [2.45, 2.75) is 19.5 Å². The predicted octanol–water partition coefficient (Wildman–Crippen LogP) is 2.70. The van der Waals surface area contributed by atoms with Crippen molar-refractivity contribution in [2.24, 2.45) is 0 Å². The third-order valence-electron chi connectivity index (χ3n) is 3.83. The summed E-state index contributed by atoms with van der Waals surface area (Å²) in [5.41, 5.74) is 1.20. The number of carbonyl (C=O) groups is 1. The van der Waals surface area contributed by atoms with Gasteiger partial charge in [-0.2, -0.15) is 13.2 Å². The quantitative estimate of drug-likeness (QED) is 0.410. The maximum Gasteiger partial charge on any atom is 0.490 e. The highest BCUT2D eigenvalue weighted by Crippen LogP contribution is 2.35. The van der Waals surface area contributed by atoms with Crippen LogP contribution >= 0.6 is 11.3 Å². The number of ether oxygens (including phenoxy) is 3. The zero-order valence-electron chi connectivity index (χ0n) is 16.9. The molecule has 0 spiro atoms. The van der Waals surface area contributed by atoms with E-state index in [0.29, 0.717) is 27.8 Å². The van der Waals surface area contributed by atoms with Crippen LogP contribution in [-0.4, -0.2) is 58.7 Å². The summed E-state index contributed by atoms with van der Waals surface area (Å²) in [4.78, 5) is 16.0. The van der Waals surface area contributed by atoms with Crippen LogP contribution in [0.3, 0.4) is 0 Å². The van der Waals surface area contributed by atoms with Crippen LogP contribution in [0.25, 0.3) is 10.6 Å². The van der Waals surface area contributed by atoms with Gasteiger partial charge in [0.25, 0.3) is 0 Å². The van der Waals surface area contributed by atoms with Gasteiger partial charge in [0, 0.05) is 23.4 Å². The Morgan fingerprint density at radius 2 is 1.94 bits per heavy atom. The van der Waals surface area contributed by atoms with Gasteiger partial charge in [-0.25, -0.2) is 22.9 Å². The average molecular weight is 483 g/mol. The minimum atomic E-state index is -5.03. The highest BCUT2D eigenvalue weighted by molar-refractivity contribution is 7.88. The second kappa shape index (κ2) is 10.3. The number of thiazole rings is 1. The van der Waals surface area contributed by atoms with Gasteiger partial charge < -0.3 is 14.2 Å². The van der Waals surface area contributed by atoms with Crippen molar-refractivity contribution >= 4 is 27.3 Å². The van der Waals surface area contributed by atoms with Gasteiger partial charge in [-0.3, -0.25) is 0 Å². The highest BCUT2D eigenvalue weighted by atomic mass is 32.2. The highest BCUT2D eigenvalue weighted by Gasteiger charge is 2.40. The second-order valence-electron chi connectivity index (χ2n) is 6.29. The molecule has 1 aromatic heterocycles. The van der Waals surface area contributed by atoms with E-state index in [2.05, 4.69) is 14.4 Å². The van der Waals surface area contributed by atoms with Crippen LogP contribution in [0, 0.1) is 6.92 Å². The first kappa shape index (κ1) is 24.9. The Labute approximate surface area is 181 Å². The first-order valence-electron chi connectivity index (χ1n) is 8.87. The van der Waals surface area contributed by atoms with Crippen molar-refractivity contribution in [1.29, 1.82) is 0 Å². The first-order chi connectivity index (χ1) is 14.4. The zero-order valence-corrected chi connectivity index (χ0v) is 18.5. The molecule has 0 radical (unpaired) electrons. The van der Waals surface area contributed by atoms with Gasteiger partial charge in [-0.15, -0.1) is 11.3 Å². The lowest BCUT2D eigenvalue weighted by molar-refractivity contribution is -0.199. The number of esters is 1. The van der Waals surface area contributed by atoms with Crippen LogP contribution < -0.4 is 14.2 Å². The SMILES string of the molecule is COc1ccc(-c2nc(CCOC(=O)C(F)(F)F)c(C)s2)cc1OCCNS(C)(=O)=O. The van der Waals surface area contributed by atoms with E-state index in [-0.39, 0.29) is 19.6 Å². The third kappa shape index (κ3) is 7.67. The maximum absolute atomic E-state index is 12.2. The molecule has 8 nitrogen and oxygen atoms in total. The molecule has 1 aromatic carbocycles. The molecule has 0 saturated heterocycles. The van der Waals surface area contributed by atoms with Crippen LogP contribution in [-0.2, 0) is 26.0 Å². The number of sulfonamides is 1. The van der Waals surface area contributed by atoms with Crippen LogP contribution in [0.2, 0.25) is 0 Å². The number of aryl methyl sites for hydroxylation is 1. The van der Waals surface area contributed by atoms with E-state index in [1.165, 1.54) is 18.4 Å². The minimum Gasteiger partial charge on any atom is -0.493 e. The molecule has 0 aliphatic rings. The summed E-state index contributed by atoms with van der Waals surface area (Å²) >= 11 is 1.32. The molecule has 0 aliphatic heterocycles. The molecule has 0 saturated carbocycles. The number of benzene rings is 1. The van der Waals surface area contributed by atoms with Gasteiger partial charge in [-0.05, 0) is 25.1 Å². The Kier molecular flexibility index (Phi) is 8.26. The Morgan fingerprint density at radius 1 is 1.23 bits per heavy atom. The van der Waals surface area contributed by atoms with Gasteiger partial charge in [0.1, 0.15) is 11.6 Å². The molecule has 0 fully saturated rings. The standard InChI is InChI=1S/C18H21F3N2O6S2/c1-11-13(6-8-29-17(24)18(19,20)21)23-16(30-11)12-4-5-14(27-2)15(10-12)28-9-7-22-31(3,25)26/h4-5,10,22H,6-9H2,1-3H3. The zero-order chi connectivity index (χ0) is 23.2. The molecule has 0 bridgehead atoms. The first-order valence-corrected chi connectivity index (χ1v) is 11.6. The lowest BCUT2D eigenvalue weighted by Crippen LogP contribution is -2.26. The summed E-state index contributed by atoms with van der Waals surface area (Å²) in [5, 5.41) is 0.594. The second-order valence-corrected chi connectivity index (χ2v) is 9.32. The van der Waals surface area contributed by atoms with Gasteiger partial charge >= 0.3 is 12.1 Å². The maximum atomic E-state index is 12.2. The molecular formula is C18H21F3N2O6S2. The largest absolute Gasteiger partial charge is 0.493 e. The number of hydrogen-bond acceptors (Lipinski definition) is 8. The van der Waals surface area contributed by atoms with Crippen molar-refractivity contribution in [1.82, 2.24) is 9.71 Å². The Bertz CT molecular complexity index is 1020. The minimum absolute atomic E-state index is 0.0425. The number of nitrogens with one attached hydrogen (secondary N) is 1. The topological polar surface area (TPSA) is 104 Å². The monoisotopic (exact) mass is 482 g/mol. The van der Waals surface area contributed by atoms with E-state index < -0.39 is 28.8 Å². The number of nitrogens with zero attached hydrogens (tertiary/aromatic N) is 1. The Balaban J connectivity index is 2.08. The normalized spacial score (nSPS) is 11.9. The molecule has 31 heavy (non-hydrogen) atoms. The van der Waals surface area contributed by atoms with E-state index in [0.717, 1.165) is 11.1 Å². The number of hydrogen-bond donors (Lipinski definition) is 1. The van der Waals surface area contributed by atoms with E-state index in [9.17, 15) is 26.4 Å². The number of halogens is 3. The van der Waals surface area contributed by atoms with Crippen molar-refractivity contribution in [3.63, 3.8) is 0 Å². The van der Waals surface area contributed by atoms with Crippen molar-refractivity contribution in [3.05, 3.63) is 28.8 Å². The lowest BCUT2D eigenvalue weighted by atomic mass is 10.2. The van der Waals surface area contributed by atoms with Crippen LogP contribution in [0.4, 0.5) is 13.2 Å². The summed E-state index contributed by atoms with van der Waals surface area (Å²) in [7, 11) is -1.87. The number of alkyl halides is 3. The summed E-state index contributed by atoms with van der Waals surface area (Å²) in [6.45, 7) is 1.47. The molecule has 13 heteroatoms. The van der Waals surface area contributed by atoms with Gasteiger partial charge in [0.2, 0.25) is 10.0 Å². The number of aromatic nitrogens is 1. The molecule has 1 N–H and O–H groups in total. The molecule has 2 aromatic rings. The molecule has 0 unspecified atom stereocenters. The Morgan fingerprint density at radius 3 is 2.55 bits per heavy atom. The predicted molar refractivity (Wildman–Crippen MR) is 108 cm³/mol. The number of methoxy groups -OCH3 is 1. The average Bonchev–Trinajstić information content (AvgIpc) is 3.04. The fourth-order valence-electron chi connectivity index (χ4n) is 2.42. The van der Waals surface area contributed by atoms with Crippen molar-refractivity contribution in [2.75, 3.05) is 33.1 Å². The molecule has 1 heterocycles. The summed E-state index contributed by atoms with van der Waals surface area (Å²) in [5.74, 6) is -1.41. The summed E-state index contributed by atoms with van der Waals surface area (Å²) in [6, 6.07) is 5.08. The fraction of sp³-hybridized carbons (Fsp3) is 0.444. The van der Waals surface area contributed by atoms with E-state index in [1.807, 2.05) is 0 Å². The summed E-state index contributed by atoms with van der Waals surface area (Å²) in [6.07, 6.45) is -3.94. The van der Waals surface area contributed by atoms with Crippen molar-refractivity contribution < 1.29 is 40.6 Å². The van der Waals surface area contributed by atoms with E-state index >= 15 is 0 Å². The van der Waals surface area contributed by atoms with Gasteiger partial charge in [0.15, 0.2) is 11.5 Å². The van der Waals surface area contributed by atoms with Gasteiger partial charge in [0.05, 0.1) is 25.7 Å². The molecule has 0 amide bonds. The molecule has 0 aliphatic carbocycles.